The number of carbonyl (C=O) groups is 1. The lowest BCUT2D eigenvalue weighted by molar-refractivity contribution is 0.101. The van der Waals surface area contributed by atoms with Gasteiger partial charge in [0.1, 0.15) is 17.0 Å². The third-order valence-corrected chi connectivity index (χ3v) is 4.92. The third-order valence-electron chi connectivity index (χ3n) is 4.62. The lowest BCUT2D eigenvalue weighted by Gasteiger charge is -2.11. The van der Waals surface area contributed by atoms with E-state index in [0.717, 1.165) is 5.39 Å². The number of halogens is 1. The topological polar surface area (TPSA) is 73.5 Å². The van der Waals surface area contributed by atoms with Gasteiger partial charge in [0.25, 0.3) is 5.91 Å². The molecule has 0 fully saturated rings. The summed E-state index contributed by atoms with van der Waals surface area (Å²) in [4.78, 5) is 25.4. The molecule has 7 heteroatoms. The maximum atomic E-state index is 12.9. The summed E-state index contributed by atoms with van der Waals surface area (Å²) in [5.74, 6) is 0.175. The number of para-hydroxylation sites is 1. The van der Waals surface area contributed by atoms with Crippen LogP contribution >= 0.6 is 11.6 Å². The van der Waals surface area contributed by atoms with E-state index in [1.165, 1.54) is 7.11 Å². The number of rotatable bonds is 4. The molecule has 0 bridgehead atoms. The van der Waals surface area contributed by atoms with Crippen molar-refractivity contribution in [2.45, 2.75) is 13.5 Å². The molecule has 0 aliphatic carbocycles. The predicted octanol–water partition coefficient (Wildman–Crippen LogP) is 4.68. The van der Waals surface area contributed by atoms with Gasteiger partial charge in [-0.1, -0.05) is 23.7 Å². The molecule has 0 saturated carbocycles. The molecule has 0 radical (unpaired) electrons. The van der Waals surface area contributed by atoms with Crippen molar-refractivity contribution in [3.63, 3.8) is 0 Å². The fourth-order valence-corrected chi connectivity index (χ4v) is 3.61. The van der Waals surface area contributed by atoms with Crippen LogP contribution in [-0.2, 0) is 6.54 Å². The number of aryl methyl sites for hydroxylation is 1. The Morgan fingerprint density at radius 3 is 2.68 bits per heavy atom. The molecule has 2 aromatic carbocycles. The molecule has 0 unspecified atom stereocenters. The van der Waals surface area contributed by atoms with Crippen LogP contribution in [0, 0.1) is 0 Å². The van der Waals surface area contributed by atoms with E-state index in [1.807, 2.05) is 23.6 Å². The van der Waals surface area contributed by atoms with Crippen LogP contribution in [0.5, 0.6) is 5.75 Å². The van der Waals surface area contributed by atoms with Crippen LogP contribution in [0.15, 0.2) is 57.7 Å². The van der Waals surface area contributed by atoms with Crippen molar-refractivity contribution >= 4 is 45.1 Å². The Hall–Kier alpha value is -3.25. The number of carbonyl (C=O) groups excluding carboxylic acids is 1. The summed E-state index contributed by atoms with van der Waals surface area (Å²) in [7, 11) is 1.52. The van der Waals surface area contributed by atoms with Crippen molar-refractivity contribution in [3.8, 4) is 5.75 Å². The van der Waals surface area contributed by atoms with E-state index >= 15 is 0 Å². The van der Waals surface area contributed by atoms with Gasteiger partial charge in [-0.05, 0) is 43.3 Å². The molecule has 6 nitrogen and oxygen atoms in total. The Balaban J connectivity index is 1.83. The summed E-state index contributed by atoms with van der Waals surface area (Å²) >= 11 is 6.13. The smallest absolute Gasteiger partial charge is 0.345 e. The third kappa shape index (κ3) is 2.92. The molecule has 0 aliphatic heterocycles. The van der Waals surface area contributed by atoms with Crippen molar-refractivity contribution in [1.82, 2.24) is 4.57 Å². The SMILES string of the molecule is CCn1c(C(=O)Nc2ccc(OC)c(Cl)c2)cc2c(=O)oc3ccccc3c21. The second-order valence-electron chi connectivity index (χ2n) is 6.23. The second-order valence-corrected chi connectivity index (χ2v) is 6.63. The van der Waals surface area contributed by atoms with Crippen LogP contribution in [-0.4, -0.2) is 17.6 Å². The molecule has 142 valence electrons. The fraction of sp³-hybridized carbons (Fsp3) is 0.143. The van der Waals surface area contributed by atoms with Crippen LogP contribution < -0.4 is 15.7 Å². The number of anilines is 1. The minimum atomic E-state index is -0.470. The molecule has 0 atom stereocenters. The highest BCUT2D eigenvalue weighted by Crippen LogP contribution is 2.29. The van der Waals surface area contributed by atoms with Crippen LogP contribution in [0.2, 0.25) is 5.02 Å². The van der Waals surface area contributed by atoms with Gasteiger partial charge in [-0.3, -0.25) is 4.79 Å². The van der Waals surface area contributed by atoms with Crippen molar-refractivity contribution in [2.24, 2.45) is 0 Å². The number of amides is 1. The summed E-state index contributed by atoms with van der Waals surface area (Å²) in [6.45, 7) is 2.44. The maximum absolute atomic E-state index is 12.9. The molecular weight excluding hydrogens is 380 g/mol. The van der Waals surface area contributed by atoms with Crippen molar-refractivity contribution in [3.05, 3.63) is 69.7 Å². The number of hydrogen-bond acceptors (Lipinski definition) is 4. The quantitative estimate of drug-likeness (QED) is 0.508. The van der Waals surface area contributed by atoms with E-state index in [-0.39, 0.29) is 5.91 Å². The monoisotopic (exact) mass is 396 g/mol. The van der Waals surface area contributed by atoms with Crippen molar-refractivity contribution in [1.29, 1.82) is 0 Å². The second kappa shape index (κ2) is 7.05. The van der Waals surface area contributed by atoms with Gasteiger partial charge in [0.15, 0.2) is 0 Å². The average Bonchev–Trinajstić information content (AvgIpc) is 3.09. The first-order valence-corrected chi connectivity index (χ1v) is 9.11. The van der Waals surface area contributed by atoms with Gasteiger partial charge in [-0.2, -0.15) is 0 Å². The molecule has 0 spiro atoms. The Morgan fingerprint density at radius 2 is 1.96 bits per heavy atom. The highest BCUT2D eigenvalue weighted by Gasteiger charge is 2.20. The molecule has 4 aromatic rings. The lowest BCUT2D eigenvalue weighted by Crippen LogP contribution is -2.16. The first-order valence-electron chi connectivity index (χ1n) is 8.73. The Kier molecular flexibility index (Phi) is 4.57. The highest BCUT2D eigenvalue weighted by molar-refractivity contribution is 6.32. The number of methoxy groups -OCH3 is 1. The van der Waals surface area contributed by atoms with E-state index in [4.69, 9.17) is 20.8 Å². The molecule has 1 N–H and O–H groups in total. The van der Waals surface area contributed by atoms with Crippen LogP contribution in [0.3, 0.4) is 0 Å². The first kappa shape index (κ1) is 18.1. The zero-order chi connectivity index (χ0) is 19.8. The molecule has 0 saturated heterocycles. The summed E-state index contributed by atoms with van der Waals surface area (Å²) < 4.78 is 12.3. The maximum Gasteiger partial charge on any atom is 0.345 e. The van der Waals surface area contributed by atoms with E-state index in [2.05, 4.69) is 5.32 Å². The number of hydrogen-bond donors (Lipinski definition) is 1. The van der Waals surface area contributed by atoms with Gasteiger partial charge in [-0.25, -0.2) is 4.79 Å². The Labute approximate surface area is 165 Å². The molecule has 0 aliphatic rings. The minimum absolute atomic E-state index is 0.345. The summed E-state index contributed by atoms with van der Waals surface area (Å²) in [6, 6.07) is 13.8. The number of aromatic nitrogens is 1. The normalized spacial score (nSPS) is 11.1. The van der Waals surface area contributed by atoms with E-state index in [1.54, 1.807) is 36.4 Å². The predicted molar refractivity (Wildman–Crippen MR) is 110 cm³/mol. The lowest BCUT2D eigenvalue weighted by atomic mass is 10.2. The number of nitrogens with one attached hydrogen (secondary N) is 1. The molecule has 2 aromatic heterocycles. The summed E-state index contributed by atoms with van der Waals surface area (Å²) in [6.07, 6.45) is 0. The minimum Gasteiger partial charge on any atom is -0.495 e. The zero-order valence-electron chi connectivity index (χ0n) is 15.3. The largest absolute Gasteiger partial charge is 0.495 e. The standard InChI is InChI=1S/C21H17ClN2O4/c1-3-24-16(20(25)23-12-8-9-18(27-2)15(22)10-12)11-14-19(24)13-6-4-5-7-17(13)28-21(14)26/h4-11H,3H2,1-2H3,(H,23,25). The van der Waals surface area contributed by atoms with Gasteiger partial charge < -0.3 is 19.0 Å². The molecule has 28 heavy (non-hydrogen) atoms. The van der Waals surface area contributed by atoms with Crippen molar-refractivity contribution < 1.29 is 13.9 Å². The summed E-state index contributed by atoms with van der Waals surface area (Å²) in [5, 5.41) is 4.37. The van der Waals surface area contributed by atoms with Gasteiger partial charge in [0.05, 0.1) is 23.0 Å². The molecular formula is C21H17ClN2O4. The summed E-state index contributed by atoms with van der Waals surface area (Å²) in [5.41, 5.74) is 1.60. The van der Waals surface area contributed by atoms with Gasteiger partial charge >= 0.3 is 5.63 Å². The fourth-order valence-electron chi connectivity index (χ4n) is 3.36. The van der Waals surface area contributed by atoms with Gasteiger partial charge in [-0.15, -0.1) is 0 Å². The van der Waals surface area contributed by atoms with Crippen LogP contribution in [0.4, 0.5) is 5.69 Å². The Bertz CT molecular complexity index is 1270. The van der Waals surface area contributed by atoms with Crippen molar-refractivity contribution in [2.75, 3.05) is 12.4 Å². The molecule has 4 rings (SSSR count). The van der Waals surface area contributed by atoms with Gasteiger partial charge in [0, 0.05) is 17.6 Å². The number of benzene rings is 2. The number of nitrogens with zero attached hydrogens (tertiary/aromatic N) is 1. The van der Waals surface area contributed by atoms with E-state index in [9.17, 15) is 9.59 Å². The average molecular weight is 397 g/mol. The van der Waals surface area contributed by atoms with Crippen LogP contribution in [0.1, 0.15) is 17.4 Å². The van der Waals surface area contributed by atoms with Gasteiger partial charge in [0.2, 0.25) is 0 Å². The molecule has 2 heterocycles. The zero-order valence-corrected chi connectivity index (χ0v) is 16.0. The van der Waals surface area contributed by atoms with Crippen LogP contribution in [0.25, 0.3) is 21.9 Å². The van der Waals surface area contributed by atoms with E-state index < -0.39 is 5.63 Å². The highest BCUT2D eigenvalue weighted by atomic mass is 35.5. The van der Waals surface area contributed by atoms with E-state index in [0.29, 0.717) is 45.2 Å². The number of fused-ring (bicyclic) bond motifs is 3. The Morgan fingerprint density at radius 1 is 1.18 bits per heavy atom. The molecule has 1 amide bonds. The first-order chi connectivity index (χ1) is 13.5. The number of ether oxygens (including phenoxy) is 1.